The molecular formula is C12H17FN2O4S. The van der Waals surface area contributed by atoms with Crippen molar-refractivity contribution < 1.29 is 22.3 Å². The Morgan fingerprint density at radius 1 is 1.45 bits per heavy atom. The molecule has 0 fully saturated rings. The van der Waals surface area contributed by atoms with Crippen LogP contribution in [0.1, 0.15) is 13.3 Å². The number of hydrogen-bond acceptors (Lipinski definition) is 5. The van der Waals surface area contributed by atoms with Crippen LogP contribution < -0.4 is 5.73 Å². The number of carbonyl (C=O) groups is 1. The molecule has 0 aliphatic carbocycles. The van der Waals surface area contributed by atoms with Crippen molar-refractivity contribution in [1.82, 2.24) is 4.31 Å². The first-order valence-electron chi connectivity index (χ1n) is 5.95. The van der Waals surface area contributed by atoms with Crippen molar-refractivity contribution in [1.29, 1.82) is 0 Å². The molecule has 1 rings (SSSR count). The van der Waals surface area contributed by atoms with Gasteiger partial charge in [0, 0.05) is 12.2 Å². The Hall–Kier alpha value is -1.67. The Kier molecular flexibility index (Phi) is 5.46. The number of carbonyl (C=O) groups excluding carboxylic acids is 1. The maximum absolute atomic E-state index is 13.8. The predicted octanol–water partition coefficient (Wildman–Crippen LogP) is 0.982. The number of esters is 1. The third kappa shape index (κ3) is 3.67. The Morgan fingerprint density at radius 3 is 2.60 bits per heavy atom. The largest absolute Gasteiger partial charge is 0.468 e. The maximum atomic E-state index is 13.8. The number of anilines is 1. The fraction of sp³-hybridized carbons (Fsp3) is 0.417. The second-order valence-corrected chi connectivity index (χ2v) is 6.01. The fourth-order valence-electron chi connectivity index (χ4n) is 1.61. The minimum absolute atomic E-state index is 0.0846. The van der Waals surface area contributed by atoms with E-state index in [1.807, 2.05) is 0 Å². The van der Waals surface area contributed by atoms with Crippen LogP contribution >= 0.6 is 0 Å². The van der Waals surface area contributed by atoms with Gasteiger partial charge in [-0.1, -0.05) is 6.92 Å². The summed E-state index contributed by atoms with van der Waals surface area (Å²) in [6, 6.07) is 3.30. The SMILES string of the molecule is CCCN(CC(=O)OC)S(=O)(=O)c1ccc(N)cc1F. The van der Waals surface area contributed by atoms with Crippen LogP contribution in [0.5, 0.6) is 0 Å². The van der Waals surface area contributed by atoms with E-state index in [-0.39, 0.29) is 12.2 Å². The molecule has 0 aliphatic heterocycles. The van der Waals surface area contributed by atoms with Crippen LogP contribution in [0.15, 0.2) is 23.1 Å². The summed E-state index contributed by atoms with van der Waals surface area (Å²) in [5.41, 5.74) is 5.51. The van der Waals surface area contributed by atoms with E-state index in [0.29, 0.717) is 6.42 Å². The van der Waals surface area contributed by atoms with Gasteiger partial charge in [0.1, 0.15) is 17.3 Å². The highest BCUT2D eigenvalue weighted by atomic mass is 32.2. The van der Waals surface area contributed by atoms with E-state index in [1.54, 1.807) is 6.92 Å². The molecule has 8 heteroatoms. The number of hydrogen-bond donors (Lipinski definition) is 1. The van der Waals surface area contributed by atoms with Crippen LogP contribution in [-0.2, 0) is 19.6 Å². The van der Waals surface area contributed by atoms with Gasteiger partial charge in [0.25, 0.3) is 0 Å². The van der Waals surface area contributed by atoms with Gasteiger partial charge in [-0.3, -0.25) is 4.79 Å². The molecule has 0 heterocycles. The molecule has 1 aromatic carbocycles. The zero-order chi connectivity index (χ0) is 15.3. The molecule has 0 saturated carbocycles. The van der Waals surface area contributed by atoms with Gasteiger partial charge in [0.05, 0.1) is 7.11 Å². The second-order valence-electron chi connectivity index (χ2n) is 4.10. The summed E-state index contributed by atoms with van der Waals surface area (Å²) in [5, 5.41) is 0. The molecule has 0 unspecified atom stereocenters. The molecule has 112 valence electrons. The summed E-state index contributed by atoms with van der Waals surface area (Å²) in [5.74, 6) is -1.66. The number of sulfonamides is 1. The fourth-order valence-corrected chi connectivity index (χ4v) is 3.13. The van der Waals surface area contributed by atoms with Gasteiger partial charge >= 0.3 is 5.97 Å². The van der Waals surface area contributed by atoms with Gasteiger partial charge < -0.3 is 10.5 Å². The summed E-state index contributed by atoms with van der Waals surface area (Å²) in [4.78, 5) is 10.8. The smallest absolute Gasteiger partial charge is 0.321 e. The van der Waals surface area contributed by atoms with Crippen LogP contribution in [0.2, 0.25) is 0 Å². The summed E-state index contributed by atoms with van der Waals surface area (Å²) in [6.07, 6.45) is 0.479. The van der Waals surface area contributed by atoms with E-state index in [0.717, 1.165) is 23.5 Å². The molecule has 0 radical (unpaired) electrons. The lowest BCUT2D eigenvalue weighted by Gasteiger charge is -2.20. The number of rotatable bonds is 6. The maximum Gasteiger partial charge on any atom is 0.321 e. The first-order chi connectivity index (χ1) is 9.32. The summed E-state index contributed by atoms with van der Waals surface area (Å²) >= 11 is 0. The van der Waals surface area contributed by atoms with Crippen LogP contribution in [0.25, 0.3) is 0 Å². The van der Waals surface area contributed by atoms with Gasteiger partial charge in [-0.15, -0.1) is 0 Å². The number of nitrogens with zero attached hydrogens (tertiary/aromatic N) is 1. The highest BCUT2D eigenvalue weighted by molar-refractivity contribution is 7.89. The first-order valence-corrected chi connectivity index (χ1v) is 7.39. The van der Waals surface area contributed by atoms with Crippen LogP contribution in [0.4, 0.5) is 10.1 Å². The van der Waals surface area contributed by atoms with Crippen LogP contribution in [0, 0.1) is 5.82 Å². The standard InChI is InChI=1S/C12H17FN2O4S/c1-3-6-15(8-12(16)19-2)20(17,18)11-5-4-9(14)7-10(11)13/h4-5,7H,3,6,8,14H2,1-2H3. The number of ether oxygens (including phenoxy) is 1. The number of halogens is 1. The number of methoxy groups -OCH3 is 1. The monoisotopic (exact) mass is 304 g/mol. The van der Waals surface area contributed by atoms with Crippen LogP contribution in [0.3, 0.4) is 0 Å². The summed E-state index contributed by atoms with van der Waals surface area (Å²) in [6.45, 7) is 1.37. The molecule has 0 spiro atoms. The van der Waals surface area contributed by atoms with E-state index in [9.17, 15) is 17.6 Å². The average Bonchev–Trinajstić information content (AvgIpc) is 2.37. The number of nitrogen functional groups attached to an aromatic ring is 1. The van der Waals surface area contributed by atoms with Crippen molar-refractivity contribution >= 4 is 21.7 Å². The molecule has 2 N–H and O–H groups in total. The predicted molar refractivity (Wildman–Crippen MR) is 71.9 cm³/mol. The molecular weight excluding hydrogens is 287 g/mol. The quantitative estimate of drug-likeness (QED) is 0.625. The van der Waals surface area contributed by atoms with Crippen molar-refractivity contribution in [3.8, 4) is 0 Å². The first kappa shape index (κ1) is 16.4. The molecule has 0 saturated heterocycles. The van der Waals surface area contributed by atoms with Crippen LogP contribution in [-0.4, -0.2) is 38.9 Å². The molecule has 0 amide bonds. The number of nitrogens with two attached hydrogens (primary N) is 1. The van der Waals surface area contributed by atoms with E-state index in [2.05, 4.69) is 4.74 Å². The van der Waals surface area contributed by atoms with E-state index < -0.39 is 33.3 Å². The molecule has 6 nitrogen and oxygen atoms in total. The summed E-state index contributed by atoms with van der Waals surface area (Å²) < 4.78 is 43.8. The molecule has 0 aliphatic rings. The normalized spacial score (nSPS) is 11.6. The lowest BCUT2D eigenvalue weighted by atomic mass is 10.3. The second kappa shape index (κ2) is 6.67. The van der Waals surface area contributed by atoms with Gasteiger partial charge in [0.2, 0.25) is 10.0 Å². The third-order valence-electron chi connectivity index (χ3n) is 2.58. The van der Waals surface area contributed by atoms with Gasteiger partial charge in [-0.25, -0.2) is 12.8 Å². The van der Waals surface area contributed by atoms with Gasteiger partial charge in [-0.05, 0) is 24.6 Å². The third-order valence-corrected chi connectivity index (χ3v) is 4.46. The number of benzene rings is 1. The zero-order valence-electron chi connectivity index (χ0n) is 11.3. The zero-order valence-corrected chi connectivity index (χ0v) is 12.1. The van der Waals surface area contributed by atoms with E-state index in [1.165, 1.54) is 6.07 Å². The highest BCUT2D eigenvalue weighted by Crippen LogP contribution is 2.21. The van der Waals surface area contributed by atoms with E-state index >= 15 is 0 Å². The van der Waals surface area contributed by atoms with Crippen molar-refractivity contribution in [3.63, 3.8) is 0 Å². The molecule has 20 heavy (non-hydrogen) atoms. The Balaban J connectivity index is 3.18. The van der Waals surface area contributed by atoms with E-state index in [4.69, 9.17) is 5.73 Å². The Morgan fingerprint density at radius 2 is 2.10 bits per heavy atom. The molecule has 0 atom stereocenters. The Bertz CT molecular complexity index is 589. The molecule has 0 bridgehead atoms. The molecule has 1 aromatic rings. The topological polar surface area (TPSA) is 89.7 Å². The minimum Gasteiger partial charge on any atom is -0.468 e. The van der Waals surface area contributed by atoms with Crippen molar-refractivity contribution in [2.75, 3.05) is 25.9 Å². The minimum atomic E-state index is -4.11. The lowest BCUT2D eigenvalue weighted by Crippen LogP contribution is -2.37. The average molecular weight is 304 g/mol. The van der Waals surface area contributed by atoms with Crippen molar-refractivity contribution in [2.24, 2.45) is 0 Å². The van der Waals surface area contributed by atoms with Gasteiger partial charge in [0.15, 0.2) is 0 Å². The summed E-state index contributed by atoms with van der Waals surface area (Å²) in [7, 11) is -2.96. The Labute approximate surface area is 117 Å². The van der Waals surface area contributed by atoms with Crippen molar-refractivity contribution in [2.45, 2.75) is 18.2 Å². The highest BCUT2D eigenvalue weighted by Gasteiger charge is 2.28. The lowest BCUT2D eigenvalue weighted by molar-refractivity contribution is -0.140. The van der Waals surface area contributed by atoms with Gasteiger partial charge in [-0.2, -0.15) is 4.31 Å². The van der Waals surface area contributed by atoms with Crippen molar-refractivity contribution in [3.05, 3.63) is 24.0 Å². The molecule has 0 aromatic heterocycles.